The van der Waals surface area contributed by atoms with Crippen molar-refractivity contribution in [2.75, 3.05) is 14.1 Å². The molecule has 0 aromatic heterocycles. The second-order valence-corrected chi connectivity index (χ2v) is 7.58. The number of likely N-dealkylation sites (N-methyl/N-ethyl adjacent to an activating group) is 2. The lowest BCUT2D eigenvalue weighted by molar-refractivity contribution is -0.387. The molecule has 29 heavy (non-hydrogen) atoms. The first kappa shape index (κ1) is 20.3. The summed E-state index contributed by atoms with van der Waals surface area (Å²) < 4.78 is 0. The van der Waals surface area contributed by atoms with Crippen LogP contribution < -0.4 is 0 Å². The quantitative estimate of drug-likeness (QED) is 0.330. The first-order valence-electron chi connectivity index (χ1n) is 8.53. The van der Waals surface area contributed by atoms with E-state index in [2.05, 4.69) is 0 Å². The van der Waals surface area contributed by atoms with Gasteiger partial charge in [-0.25, -0.2) is 4.79 Å². The number of barbiturate groups is 1. The predicted octanol–water partition coefficient (Wildman–Crippen LogP) is 3.49. The van der Waals surface area contributed by atoms with Crippen LogP contribution in [-0.4, -0.2) is 46.7 Å². The van der Waals surface area contributed by atoms with E-state index in [-0.39, 0.29) is 11.3 Å². The number of hydrogen-bond donors (Lipinski definition) is 0. The molecule has 9 heteroatoms. The van der Waals surface area contributed by atoms with Crippen molar-refractivity contribution >= 4 is 41.4 Å². The molecule has 3 rings (SSSR count). The van der Waals surface area contributed by atoms with Gasteiger partial charge in [0.15, 0.2) is 0 Å². The number of nitrogens with zero attached hydrogens (tertiary/aromatic N) is 3. The van der Waals surface area contributed by atoms with Gasteiger partial charge in [0.1, 0.15) is 5.57 Å². The van der Waals surface area contributed by atoms with E-state index in [1.165, 1.54) is 38.0 Å². The molecule has 1 aliphatic heterocycles. The third-order valence-electron chi connectivity index (χ3n) is 4.38. The molecule has 0 saturated carbocycles. The summed E-state index contributed by atoms with van der Waals surface area (Å²) in [5.41, 5.74) is 1.03. The van der Waals surface area contributed by atoms with E-state index < -0.39 is 22.8 Å². The van der Waals surface area contributed by atoms with E-state index in [1.807, 2.05) is 31.2 Å². The maximum Gasteiger partial charge on any atom is 0.333 e. The molecule has 8 nitrogen and oxygen atoms in total. The number of urea groups is 1. The van der Waals surface area contributed by atoms with Gasteiger partial charge in [-0.3, -0.25) is 29.5 Å². The molecular weight excluding hydrogens is 394 g/mol. The number of amides is 4. The number of nitro groups is 1. The van der Waals surface area contributed by atoms with Crippen molar-refractivity contribution in [3.05, 3.63) is 69.3 Å². The van der Waals surface area contributed by atoms with Crippen LogP contribution in [0.15, 0.2) is 57.8 Å². The number of benzene rings is 2. The highest BCUT2D eigenvalue weighted by molar-refractivity contribution is 7.99. The van der Waals surface area contributed by atoms with Crippen molar-refractivity contribution in [1.82, 2.24) is 9.80 Å². The number of hydrogen-bond acceptors (Lipinski definition) is 6. The Balaban J connectivity index is 1.98. The highest BCUT2D eigenvalue weighted by Gasteiger charge is 2.37. The van der Waals surface area contributed by atoms with Crippen LogP contribution in [0, 0.1) is 17.0 Å². The van der Waals surface area contributed by atoms with Gasteiger partial charge in [0.2, 0.25) is 0 Å². The molecule has 0 spiro atoms. The Morgan fingerprint density at radius 1 is 0.966 bits per heavy atom. The lowest BCUT2D eigenvalue weighted by atomic mass is 10.1. The Bertz CT molecular complexity index is 1040. The van der Waals surface area contributed by atoms with Gasteiger partial charge in [-0.15, -0.1) is 0 Å². The van der Waals surface area contributed by atoms with E-state index in [1.54, 1.807) is 12.1 Å². The average molecular weight is 411 g/mol. The molecule has 0 radical (unpaired) electrons. The normalized spacial score (nSPS) is 14.4. The summed E-state index contributed by atoms with van der Waals surface area (Å²) in [5, 5.41) is 11.6. The van der Waals surface area contributed by atoms with E-state index in [0.717, 1.165) is 20.3 Å². The Labute approximate surface area is 170 Å². The third-order valence-corrected chi connectivity index (χ3v) is 5.46. The smallest absolute Gasteiger partial charge is 0.268 e. The van der Waals surface area contributed by atoms with Gasteiger partial charge in [-0.2, -0.15) is 0 Å². The Hall–Kier alpha value is -3.46. The van der Waals surface area contributed by atoms with E-state index in [0.29, 0.717) is 10.5 Å². The molecule has 1 saturated heterocycles. The van der Waals surface area contributed by atoms with Crippen LogP contribution in [0.2, 0.25) is 0 Å². The topological polar surface area (TPSA) is 101 Å². The van der Waals surface area contributed by atoms with Crippen molar-refractivity contribution in [2.24, 2.45) is 0 Å². The standard InChI is InChI=1S/C20H17N3O5S/c1-12-4-7-14(8-5-12)29-17-9-6-13(11-16(17)23(27)28)10-15-18(24)21(2)20(26)22(3)19(15)25/h4-11H,1-3H3. The van der Waals surface area contributed by atoms with Crippen molar-refractivity contribution in [1.29, 1.82) is 0 Å². The third kappa shape index (κ3) is 4.04. The van der Waals surface area contributed by atoms with Gasteiger partial charge in [0.05, 0.1) is 9.82 Å². The fourth-order valence-corrected chi connectivity index (χ4v) is 3.63. The molecular formula is C20H17N3O5S. The molecule has 1 fully saturated rings. The molecule has 4 amide bonds. The van der Waals surface area contributed by atoms with Crippen molar-refractivity contribution in [3.63, 3.8) is 0 Å². The molecule has 0 N–H and O–H groups in total. The SMILES string of the molecule is Cc1ccc(Sc2ccc(C=C3C(=O)N(C)C(=O)N(C)C3=O)cc2[N+](=O)[O-])cc1. The molecule has 1 heterocycles. The second kappa shape index (κ2) is 7.88. The summed E-state index contributed by atoms with van der Waals surface area (Å²) in [7, 11) is 2.54. The molecule has 2 aromatic rings. The lowest BCUT2D eigenvalue weighted by Gasteiger charge is -2.28. The molecule has 0 aliphatic carbocycles. The van der Waals surface area contributed by atoms with Crippen LogP contribution in [-0.2, 0) is 9.59 Å². The molecule has 2 aromatic carbocycles. The number of rotatable bonds is 4. The minimum Gasteiger partial charge on any atom is -0.268 e. The van der Waals surface area contributed by atoms with Gasteiger partial charge < -0.3 is 0 Å². The Kier molecular flexibility index (Phi) is 5.51. The van der Waals surface area contributed by atoms with Gasteiger partial charge in [0, 0.05) is 25.1 Å². The van der Waals surface area contributed by atoms with Gasteiger partial charge in [0.25, 0.3) is 17.5 Å². The highest BCUT2D eigenvalue weighted by atomic mass is 32.2. The predicted molar refractivity (Wildman–Crippen MR) is 107 cm³/mol. The summed E-state index contributed by atoms with van der Waals surface area (Å²) >= 11 is 1.25. The van der Waals surface area contributed by atoms with Crippen LogP contribution >= 0.6 is 11.8 Å². The summed E-state index contributed by atoms with van der Waals surface area (Å²) in [6, 6.07) is 11.3. The monoisotopic (exact) mass is 411 g/mol. The average Bonchev–Trinajstić information content (AvgIpc) is 2.70. The Morgan fingerprint density at radius 3 is 2.10 bits per heavy atom. The molecule has 1 aliphatic rings. The lowest BCUT2D eigenvalue weighted by Crippen LogP contribution is -2.52. The van der Waals surface area contributed by atoms with E-state index in [9.17, 15) is 24.5 Å². The molecule has 148 valence electrons. The zero-order chi connectivity index (χ0) is 21.3. The first-order valence-corrected chi connectivity index (χ1v) is 9.35. The summed E-state index contributed by atoms with van der Waals surface area (Å²) in [4.78, 5) is 50.4. The van der Waals surface area contributed by atoms with Crippen LogP contribution in [0.25, 0.3) is 6.08 Å². The molecule has 0 atom stereocenters. The number of aryl methyl sites for hydroxylation is 1. The van der Waals surface area contributed by atoms with Crippen LogP contribution in [0.1, 0.15) is 11.1 Å². The zero-order valence-electron chi connectivity index (χ0n) is 15.9. The van der Waals surface area contributed by atoms with E-state index >= 15 is 0 Å². The van der Waals surface area contributed by atoms with Gasteiger partial charge in [-0.05, 0) is 36.8 Å². The maximum atomic E-state index is 12.3. The number of carbonyl (C=O) groups is 3. The summed E-state index contributed by atoms with van der Waals surface area (Å²) in [5.74, 6) is -1.50. The minimum absolute atomic E-state index is 0.140. The van der Waals surface area contributed by atoms with Crippen LogP contribution in [0.4, 0.5) is 10.5 Å². The van der Waals surface area contributed by atoms with Gasteiger partial charge >= 0.3 is 6.03 Å². The van der Waals surface area contributed by atoms with Crippen LogP contribution in [0.5, 0.6) is 0 Å². The molecule has 0 unspecified atom stereocenters. The number of imide groups is 2. The van der Waals surface area contributed by atoms with E-state index in [4.69, 9.17) is 0 Å². The fraction of sp³-hybridized carbons (Fsp3) is 0.150. The first-order chi connectivity index (χ1) is 13.7. The second-order valence-electron chi connectivity index (χ2n) is 6.47. The van der Waals surface area contributed by atoms with Crippen molar-refractivity contribution in [2.45, 2.75) is 16.7 Å². The van der Waals surface area contributed by atoms with Gasteiger partial charge in [-0.1, -0.05) is 35.5 Å². The fourth-order valence-electron chi connectivity index (χ4n) is 2.73. The highest BCUT2D eigenvalue weighted by Crippen LogP contribution is 2.36. The Morgan fingerprint density at radius 2 is 1.55 bits per heavy atom. The maximum absolute atomic E-state index is 12.3. The van der Waals surface area contributed by atoms with Crippen molar-refractivity contribution in [3.8, 4) is 0 Å². The summed E-state index contributed by atoms with van der Waals surface area (Å²) in [6.07, 6.45) is 1.26. The molecule has 0 bridgehead atoms. The summed E-state index contributed by atoms with van der Waals surface area (Å²) in [6.45, 7) is 1.95. The minimum atomic E-state index is -0.751. The number of carbonyl (C=O) groups excluding carboxylic acids is 3. The zero-order valence-corrected chi connectivity index (χ0v) is 16.7. The van der Waals surface area contributed by atoms with Crippen molar-refractivity contribution < 1.29 is 19.3 Å². The largest absolute Gasteiger partial charge is 0.333 e. The van der Waals surface area contributed by atoms with Crippen LogP contribution in [0.3, 0.4) is 0 Å². The number of nitro benzene ring substituents is 1.